The van der Waals surface area contributed by atoms with Crippen LogP contribution in [0.5, 0.6) is 5.75 Å². The molecule has 0 saturated heterocycles. The lowest BCUT2D eigenvalue weighted by Gasteiger charge is -2.35. The SMILES string of the molecule is CCC(c1ccc(OC)cc1)N(CC(=O)O)C1CCCC1. The third-order valence-electron chi connectivity index (χ3n) is 4.40. The largest absolute Gasteiger partial charge is 0.497 e. The Balaban J connectivity index is 2.22. The topological polar surface area (TPSA) is 49.8 Å². The van der Waals surface area contributed by atoms with E-state index >= 15 is 0 Å². The van der Waals surface area contributed by atoms with Crippen molar-refractivity contribution in [2.45, 2.75) is 51.1 Å². The minimum Gasteiger partial charge on any atom is -0.497 e. The number of benzene rings is 1. The van der Waals surface area contributed by atoms with Crippen LogP contribution in [0.15, 0.2) is 24.3 Å². The van der Waals surface area contributed by atoms with Gasteiger partial charge in [0.1, 0.15) is 5.75 Å². The number of ether oxygens (including phenoxy) is 1. The Hall–Kier alpha value is -1.55. The summed E-state index contributed by atoms with van der Waals surface area (Å²) in [5.74, 6) is 0.0908. The molecule has 1 atom stereocenters. The fourth-order valence-electron chi connectivity index (χ4n) is 3.37. The molecule has 1 aliphatic carbocycles. The molecule has 21 heavy (non-hydrogen) atoms. The number of nitrogens with zero attached hydrogens (tertiary/aromatic N) is 1. The molecule has 4 heteroatoms. The van der Waals surface area contributed by atoms with Crippen molar-refractivity contribution in [2.24, 2.45) is 0 Å². The lowest BCUT2D eigenvalue weighted by Crippen LogP contribution is -2.40. The van der Waals surface area contributed by atoms with Gasteiger partial charge in [-0.05, 0) is 37.0 Å². The van der Waals surface area contributed by atoms with Gasteiger partial charge in [-0.25, -0.2) is 0 Å². The molecule has 0 heterocycles. The van der Waals surface area contributed by atoms with Crippen LogP contribution in [0.3, 0.4) is 0 Å². The molecular weight excluding hydrogens is 266 g/mol. The molecule has 1 aromatic carbocycles. The standard InChI is InChI=1S/C17H25NO3/c1-3-16(13-8-10-15(21-2)11-9-13)18(12-17(19)20)14-6-4-5-7-14/h8-11,14,16H,3-7,12H2,1-2H3,(H,19,20). The molecule has 1 aromatic rings. The Morgan fingerprint density at radius 3 is 2.43 bits per heavy atom. The molecule has 1 aliphatic rings. The van der Waals surface area contributed by atoms with Crippen LogP contribution in [-0.2, 0) is 4.79 Å². The molecule has 116 valence electrons. The summed E-state index contributed by atoms with van der Waals surface area (Å²) in [5, 5.41) is 9.26. The van der Waals surface area contributed by atoms with Gasteiger partial charge in [0, 0.05) is 12.1 Å². The summed E-state index contributed by atoms with van der Waals surface area (Å²) in [6.07, 6.45) is 5.55. The summed E-state index contributed by atoms with van der Waals surface area (Å²) in [6, 6.07) is 8.56. The highest BCUT2D eigenvalue weighted by molar-refractivity contribution is 5.69. The Morgan fingerprint density at radius 1 is 1.33 bits per heavy atom. The Bertz CT molecular complexity index is 452. The van der Waals surface area contributed by atoms with E-state index in [1.54, 1.807) is 7.11 Å². The molecule has 0 aromatic heterocycles. The number of carboxylic acid groups (broad SMARTS) is 1. The van der Waals surface area contributed by atoms with E-state index in [2.05, 4.69) is 24.0 Å². The smallest absolute Gasteiger partial charge is 0.317 e. The van der Waals surface area contributed by atoms with Crippen molar-refractivity contribution in [2.75, 3.05) is 13.7 Å². The molecule has 1 saturated carbocycles. The zero-order valence-electron chi connectivity index (χ0n) is 12.9. The van der Waals surface area contributed by atoms with Crippen molar-refractivity contribution in [3.8, 4) is 5.75 Å². The summed E-state index contributed by atoms with van der Waals surface area (Å²) < 4.78 is 5.20. The molecule has 0 spiro atoms. The van der Waals surface area contributed by atoms with Crippen molar-refractivity contribution in [3.05, 3.63) is 29.8 Å². The fraction of sp³-hybridized carbons (Fsp3) is 0.588. The zero-order valence-corrected chi connectivity index (χ0v) is 12.9. The Labute approximate surface area is 126 Å². The van der Waals surface area contributed by atoms with E-state index in [0.717, 1.165) is 25.0 Å². The molecule has 4 nitrogen and oxygen atoms in total. The number of hydrogen-bond donors (Lipinski definition) is 1. The van der Waals surface area contributed by atoms with Gasteiger partial charge in [0.25, 0.3) is 0 Å². The molecule has 2 rings (SSSR count). The minimum absolute atomic E-state index is 0.120. The molecule has 1 unspecified atom stereocenters. The highest BCUT2D eigenvalue weighted by Crippen LogP contribution is 2.33. The molecule has 1 fully saturated rings. The van der Waals surface area contributed by atoms with Gasteiger partial charge in [0.05, 0.1) is 13.7 Å². The molecule has 0 bridgehead atoms. The monoisotopic (exact) mass is 291 g/mol. The number of rotatable bonds is 7. The van der Waals surface area contributed by atoms with Crippen LogP contribution in [0.1, 0.15) is 50.6 Å². The Kier molecular flexibility index (Phi) is 5.62. The summed E-state index contributed by atoms with van der Waals surface area (Å²) in [5.41, 5.74) is 1.17. The second-order valence-corrected chi connectivity index (χ2v) is 5.70. The second-order valence-electron chi connectivity index (χ2n) is 5.70. The van der Waals surface area contributed by atoms with E-state index in [1.807, 2.05) is 12.1 Å². The van der Waals surface area contributed by atoms with Crippen LogP contribution in [-0.4, -0.2) is 35.7 Å². The molecule has 0 radical (unpaired) electrons. The minimum atomic E-state index is -0.742. The summed E-state index contributed by atoms with van der Waals surface area (Å²) in [6.45, 7) is 2.24. The van der Waals surface area contributed by atoms with Crippen molar-refractivity contribution < 1.29 is 14.6 Å². The van der Waals surface area contributed by atoms with Gasteiger partial charge in [-0.2, -0.15) is 0 Å². The molecule has 0 aliphatic heterocycles. The Morgan fingerprint density at radius 2 is 1.95 bits per heavy atom. The van der Waals surface area contributed by atoms with Crippen molar-refractivity contribution in [1.82, 2.24) is 4.90 Å². The first-order valence-electron chi connectivity index (χ1n) is 7.77. The van der Waals surface area contributed by atoms with E-state index in [1.165, 1.54) is 18.4 Å². The first kappa shape index (κ1) is 15.8. The average molecular weight is 291 g/mol. The van der Waals surface area contributed by atoms with Gasteiger partial charge in [-0.15, -0.1) is 0 Å². The first-order chi connectivity index (χ1) is 10.2. The van der Waals surface area contributed by atoms with Crippen LogP contribution in [0, 0.1) is 0 Å². The predicted octanol–water partition coefficient (Wildman–Crippen LogP) is 3.48. The van der Waals surface area contributed by atoms with Crippen molar-refractivity contribution in [1.29, 1.82) is 0 Å². The quantitative estimate of drug-likeness (QED) is 0.835. The first-order valence-corrected chi connectivity index (χ1v) is 7.77. The van der Waals surface area contributed by atoms with Gasteiger partial charge in [-0.1, -0.05) is 31.9 Å². The normalized spacial score (nSPS) is 17.1. The maximum absolute atomic E-state index is 11.3. The van der Waals surface area contributed by atoms with Gasteiger partial charge in [0.15, 0.2) is 0 Å². The highest BCUT2D eigenvalue weighted by Gasteiger charge is 2.30. The second kappa shape index (κ2) is 7.46. The number of carboxylic acids is 1. The maximum atomic E-state index is 11.3. The summed E-state index contributed by atoms with van der Waals surface area (Å²) in [4.78, 5) is 13.4. The maximum Gasteiger partial charge on any atom is 0.317 e. The lowest BCUT2D eigenvalue weighted by molar-refractivity contribution is -0.139. The molecule has 0 amide bonds. The number of carbonyl (C=O) groups is 1. The van der Waals surface area contributed by atoms with Gasteiger partial charge < -0.3 is 9.84 Å². The predicted molar refractivity (Wildman–Crippen MR) is 82.6 cm³/mol. The van der Waals surface area contributed by atoms with E-state index in [4.69, 9.17) is 4.74 Å². The van der Waals surface area contributed by atoms with Crippen LogP contribution < -0.4 is 4.74 Å². The summed E-state index contributed by atoms with van der Waals surface area (Å²) in [7, 11) is 1.65. The highest BCUT2D eigenvalue weighted by atomic mass is 16.5. The van der Waals surface area contributed by atoms with Crippen LogP contribution in [0.25, 0.3) is 0 Å². The summed E-state index contributed by atoms with van der Waals surface area (Å²) >= 11 is 0. The zero-order chi connectivity index (χ0) is 15.2. The van der Waals surface area contributed by atoms with Crippen LogP contribution in [0.2, 0.25) is 0 Å². The average Bonchev–Trinajstić information content (AvgIpc) is 3.01. The molecule has 1 N–H and O–H groups in total. The van der Waals surface area contributed by atoms with Crippen molar-refractivity contribution in [3.63, 3.8) is 0 Å². The van der Waals surface area contributed by atoms with Crippen LogP contribution >= 0.6 is 0 Å². The number of hydrogen-bond acceptors (Lipinski definition) is 3. The van der Waals surface area contributed by atoms with E-state index < -0.39 is 5.97 Å². The van der Waals surface area contributed by atoms with Gasteiger partial charge in [0.2, 0.25) is 0 Å². The third kappa shape index (κ3) is 3.97. The lowest BCUT2D eigenvalue weighted by atomic mass is 10.00. The van der Waals surface area contributed by atoms with E-state index in [-0.39, 0.29) is 12.6 Å². The van der Waals surface area contributed by atoms with Crippen molar-refractivity contribution >= 4 is 5.97 Å². The van der Waals surface area contributed by atoms with Gasteiger partial charge in [-0.3, -0.25) is 9.69 Å². The van der Waals surface area contributed by atoms with Crippen LogP contribution in [0.4, 0.5) is 0 Å². The number of aliphatic carboxylic acids is 1. The fourth-order valence-corrected chi connectivity index (χ4v) is 3.37. The van der Waals surface area contributed by atoms with E-state index in [0.29, 0.717) is 6.04 Å². The third-order valence-corrected chi connectivity index (χ3v) is 4.40. The van der Waals surface area contributed by atoms with Gasteiger partial charge >= 0.3 is 5.97 Å². The van der Waals surface area contributed by atoms with E-state index in [9.17, 15) is 9.90 Å². The molecular formula is C17H25NO3. The number of methoxy groups -OCH3 is 1.